The van der Waals surface area contributed by atoms with Crippen LogP contribution in [0.4, 0.5) is 5.69 Å². The lowest BCUT2D eigenvalue weighted by Crippen LogP contribution is -2.06. The van der Waals surface area contributed by atoms with E-state index in [0.717, 1.165) is 12.1 Å². The largest absolute Gasteiger partial charge is 0.396 e. The number of anilines is 1. The van der Waals surface area contributed by atoms with E-state index in [0.29, 0.717) is 5.69 Å². The molecule has 1 atom stereocenters. The molecule has 0 saturated heterocycles. The molecule has 2 N–H and O–H groups in total. The molecule has 80 valence electrons. The third-order valence-electron chi connectivity index (χ3n) is 2.48. The first-order valence-electron chi connectivity index (χ1n) is 5.02. The number of nitrogens with zero attached hydrogens (tertiary/aromatic N) is 4. The molecule has 0 aliphatic rings. The van der Waals surface area contributed by atoms with E-state index in [1.807, 2.05) is 28.0 Å². The van der Waals surface area contributed by atoms with Gasteiger partial charge in [-0.2, -0.15) is 10.2 Å². The lowest BCUT2D eigenvalue weighted by molar-refractivity contribution is 0.563. The highest BCUT2D eigenvalue weighted by Crippen LogP contribution is 2.17. The molecule has 2 heterocycles. The normalized spacial score (nSPS) is 12.9. The average molecular weight is 205 g/mol. The van der Waals surface area contributed by atoms with Gasteiger partial charge in [-0.05, 0) is 13.8 Å². The Morgan fingerprint density at radius 3 is 2.67 bits per heavy atom. The molecular weight excluding hydrogens is 190 g/mol. The Hall–Kier alpha value is -1.78. The maximum atomic E-state index is 5.62. The minimum atomic E-state index is 0.169. The van der Waals surface area contributed by atoms with Gasteiger partial charge in [0.2, 0.25) is 0 Å². The maximum absolute atomic E-state index is 5.62. The SMILES string of the molecule is CCn1cc(C(C)n2cc(N)cn2)cn1. The van der Waals surface area contributed by atoms with Crippen molar-refractivity contribution < 1.29 is 0 Å². The number of nitrogens with two attached hydrogens (primary N) is 1. The van der Waals surface area contributed by atoms with Crippen LogP contribution in [0.2, 0.25) is 0 Å². The van der Waals surface area contributed by atoms with Gasteiger partial charge in [0.1, 0.15) is 0 Å². The molecule has 0 bridgehead atoms. The summed E-state index contributed by atoms with van der Waals surface area (Å²) in [7, 11) is 0. The number of hydrogen-bond acceptors (Lipinski definition) is 3. The van der Waals surface area contributed by atoms with Crippen LogP contribution in [0.5, 0.6) is 0 Å². The van der Waals surface area contributed by atoms with Gasteiger partial charge in [0.25, 0.3) is 0 Å². The van der Waals surface area contributed by atoms with Crippen molar-refractivity contribution in [3.05, 3.63) is 30.4 Å². The molecule has 0 aliphatic heterocycles. The maximum Gasteiger partial charge on any atom is 0.0771 e. The molecule has 0 aliphatic carbocycles. The van der Waals surface area contributed by atoms with Crippen molar-refractivity contribution in [2.24, 2.45) is 0 Å². The topological polar surface area (TPSA) is 61.7 Å². The minimum absolute atomic E-state index is 0.169. The summed E-state index contributed by atoms with van der Waals surface area (Å²) in [5.74, 6) is 0. The summed E-state index contributed by atoms with van der Waals surface area (Å²) >= 11 is 0. The molecule has 5 heteroatoms. The van der Waals surface area contributed by atoms with Crippen molar-refractivity contribution in [2.75, 3.05) is 5.73 Å². The predicted octanol–water partition coefficient (Wildman–Crippen LogP) is 1.29. The molecule has 0 aromatic carbocycles. The van der Waals surface area contributed by atoms with E-state index >= 15 is 0 Å². The monoisotopic (exact) mass is 205 g/mol. The van der Waals surface area contributed by atoms with E-state index in [2.05, 4.69) is 24.0 Å². The van der Waals surface area contributed by atoms with E-state index in [1.54, 1.807) is 6.20 Å². The highest BCUT2D eigenvalue weighted by molar-refractivity contribution is 5.31. The fraction of sp³-hybridized carbons (Fsp3) is 0.400. The molecule has 15 heavy (non-hydrogen) atoms. The Kier molecular flexibility index (Phi) is 2.45. The Morgan fingerprint density at radius 1 is 1.33 bits per heavy atom. The number of hydrogen-bond donors (Lipinski definition) is 1. The first kappa shape index (κ1) is 9.76. The van der Waals surface area contributed by atoms with Gasteiger partial charge in [0, 0.05) is 24.5 Å². The third-order valence-corrected chi connectivity index (χ3v) is 2.48. The second-order valence-electron chi connectivity index (χ2n) is 3.56. The van der Waals surface area contributed by atoms with Crippen LogP contribution in [0.1, 0.15) is 25.5 Å². The molecule has 0 amide bonds. The second-order valence-corrected chi connectivity index (χ2v) is 3.56. The zero-order valence-corrected chi connectivity index (χ0v) is 8.96. The van der Waals surface area contributed by atoms with Crippen molar-refractivity contribution in [3.63, 3.8) is 0 Å². The Labute approximate surface area is 88.5 Å². The first-order valence-corrected chi connectivity index (χ1v) is 5.02. The van der Waals surface area contributed by atoms with Crippen LogP contribution < -0.4 is 5.73 Å². The lowest BCUT2D eigenvalue weighted by Gasteiger charge is -2.08. The number of aromatic nitrogens is 4. The lowest BCUT2D eigenvalue weighted by atomic mass is 10.2. The Bertz CT molecular complexity index is 442. The third kappa shape index (κ3) is 1.86. The van der Waals surface area contributed by atoms with Gasteiger partial charge in [-0.25, -0.2) is 0 Å². The van der Waals surface area contributed by atoms with Crippen LogP contribution in [0, 0.1) is 0 Å². The average Bonchev–Trinajstić information content (AvgIpc) is 2.84. The van der Waals surface area contributed by atoms with E-state index < -0.39 is 0 Å². The van der Waals surface area contributed by atoms with Gasteiger partial charge in [-0.15, -0.1) is 0 Å². The smallest absolute Gasteiger partial charge is 0.0771 e. The molecule has 2 rings (SSSR count). The zero-order valence-electron chi connectivity index (χ0n) is 8.96. The van der Waals surface area contributed by atoms with Gasteiger partial charge >= 0.3 is 0 Å². The van der Waals surface area contributed by atoms with Gasteiger partial charge in [0.05, 0.1) is 24.1 Å². The summed E-state index contributed by atoms with van der Waals surface area (Å²) in [6, 6.07) is 0.169. The molecule has 0 saturated carbocycles. The van der Waals surface area contributed by atoms with Crippen LogP contribution in [-0.2, 0) is 6.54 Å². The van der Waals surface area contributed by atoms with Crippen LogP contribution >= 0.6 is 0 Å². The first-order chi connectivity index (χ1) is 7.20. The standard InChI is InChI=1S/C10H15N5/c1-3-14-6-9(4-12-14)8(2)15-7-10(11)5-13-15/h4-8H,3,11H2,1-2H3. The van der Waals surface area contributed by atoms with Gasteiger partial charge in [-0.1, -0.05) is 0 Å². The summed E-state index contributed by atoms with van der Waals surface area (Å²) in [4.78, 5) is 0. The molecule has 0 radical (unpaired) electrons. The quantitative estimate of drug-likeness (QED) is 0.821. The Balaban J connectivity index is 2.23. The van der Waals surface area contributed by atoms with E-state index in [9.17, 15) is 0 Å². The number of rotatable bonds is 3. The number of aryl methyl sites for hydroxylation is 1. The van der Waals surface area contributed by atoms with Gasteiger partial charge in [-0.3, -0.25) is 9.36 Å². The molecule has 0 fully saturated rings. The number of nitrogen functional groups attached to an aromatic ring is 1. The van der Waals surface area contributed by atoms with Crippen molar-refractivity contribution in [3.8, 4) is 0 Å². The molecule has 2 aromatic rings. The van der Waals surface area contributed by atoms with Crippen LogP contribution in [-0.4, -0.2) is 19.6 Å². The van der Waals surface area contributed by atoms with Crippen molar-refractivity contribution in [1.29, 1.82) is 0 Å². The highest BCUT2D eigenvalue weighted by Gasteiger charge is 2.10. The molecule has 0 spiro atoms. The van der Waals surface area contributed by atoms with Gasteiger partial charge < -0.3 is 5.73 Å². The highest BCUT2D eigenvalue weighted by atomic mass is 15.3. The van der Waals surface area contributed by atoms with Crippen LogP contribution in [0.15, 0.2) is 24.8 Å². The zero-order chi connectivity index (χ0) is 10.8. The van der Waals surface area contributed by atoms with E-state index in [4.69, 9.17) is 5.73 Å². The van der Waals surface area contributed by atoms with Gasteiger partial charge in [0.15, 0.2) is 0 Å². The van der Waals surface area contributed by atoms with E-state index in [-0.39, 0.29) is 6.04 Å². The molecular formula is C10H15N5. The summed E-state index contributed by atoms with van der Waals surface area (Å²) < 4.78 is 3.74. The summed E-state index contributed by atoms with van der Waals surface area (Å²) in [6.07, 6.45) is 7.38. The molecule has 2 aromatic heterocycles. The van der Waals surface area contributed by atoms with Crippen molar-refractivity contribution >= 4 is 5.69 Å². The summed E-state index contributed by atoms with van der Waals surface area (Å²) in [5.41, 5.74) is 7.45. The summed E-state index contributed by atoms with van der Waals surface area (Å²) in [6.45, 7) is 5.02. The predicted molar refractivity (Wildman–Crippen MR) is 58.4 cm³/mol. The Morgan fingerprint density at radius 2 is 2.13 bits per heavy atom. The molecule has 5 nitrogen and oxygen atoms in total. The van der Waals surface area contributed by atoms with Crippen LogP contribution in [0.3, 0.4) is 0 Å². The fourth-order valence-corrected chi connectivity index (χ4v) is 1.49. The minimum Gasteiger partial charge on any atom is -0.396 e. The van der Waals surface area contributed by atoms with Crippen LogP contribution in [0.25, 0.3) is 0 Å². The van der Waals surface area contributed by atoms with E-state index in [1.165, 1.54) is 0 Å². The second kappa shape index (κ2) is 3.76. The summed E-state index contributed by atoms with van der Waals surface area (Å²) in [5, 5.41) is 8.41. The fourth-order valence-electron chi connectivity index (χ4n) is 1.49. The van der Waals surface area contributed by atoms with Crippen molar-refractivity contribution in [1.82, 2.24) is 19.6 Å². The van der Waals surface area contributed by atoms with Crippen molar-refractivity contribution in [2.45, 2.75) is 26.4 Å². The molecule has 1 unspecified atom stereocenters.